The molecule has 0 aliphatic rings. The molecule has 0 N–H and O–H groups in total. The second kappa shape index (κ2) is 8.88. The van der Waals surface area contributed by atoms with Crippen molar-refractivity contribution >= 4 is 0 Å². The van der Waals surface area contributed by atoms with E-state index in [0.717, 1.165) is 31.8 Å². The summed E-state index contributed by atoms with van der Waals surface area (Å²) in [5.74, 6) is 1.35. The van der Waals surface area contributed by atoms with Crippen LogP contribution in [0, 0.1) is 39.5 Å². The molecule has 2 heterocycles. The summed E-state index contributed by atoms with van der Waals surface area (Å²) in [6, 6.07) is 0. The molecule has 26 heavy (non-hydrogen) atoms. The van der Waals surface area contributed by atoms with E-state index in [1.165, 1.54) is 46.7 Å². The van der Waals surface area contributed by atoms with Gasteiger partial charge in [0, 0.05) is 24.5 Å². The molecular formula is C22H38N4. The molecule has 0 saturated carbocycles. The van der Waals surface area contributed by atoms with Crippen LogP contribution in [0.25, 0.3) is 0 Å². The summed E-state index contributed by atoms with van der Waals surface area (Å²) < 4.78 is 4.36. The maximum atomic E-state index is 4.84. The molecule has 1 atom stereocenters. The van der Waals surface area contributed by atoms with Gasteiger partial charge in [0.1, 0.15) is 0 Å². The Kier molecular flexibility index (Phi) is 7.08. The van der Waals surface area contributed by atoms with Crippen LogP contribution in [0.4, 0.5) is 0 Å². The Morgan fingerprint density at radius 1 is 0.769 bits per heavy atom. The van der Waals surface area contributed by atoms with Crippen LogP contribution in [0.15, 0.2) is 0 Å². The van der Waals surface area contributed by atoms with Gasteiger partial charge in [-0.3, -0.25) is 9.36 Å². The molecule has 4 nitrogen and oxygen atoms in total. The fraction of sp³-hybridized carbons (Fsp3) is 0.727. The lowest BCUT2D eigenvalue weighted by atomic mass is 9.99. The van der Waals surface area contributed by atoms with Gasteiger partial charge in [0.15, 0.2) is 0 Å². The molecule has 0 bridgehead atoms. The van der Waals surface area contributed by atoms with Crippen LogP contribution in [0.1, 0.15) is 74.4 Å². The predicted molar refractivity (Wildman–Crippen MR) is 110 cm³/mol. The molecule has 2 rings (SSSR count). The Bertz CT molecular complexity index is 721. The van der Waals surface area contributed by atoms with Gasteiger partial charge in [0.05, 0.1) is 11.4 Å². The lowest BCUT2D eigenvalue weighted by Crippen LogP contribution is -2.12. The minimum absolute atomic E-state index is 0.606. The third kappa shape index (κ3) is 4.77. The van der Waals surface area contributed by atoms with Crippen LogP contribution in [-0.4, -0.2) is 19.6 Å². The third-order valence-electron chi connectivity index (χ3n) is 5.71. The minimum Gasteiger partial charge on any atom is -0.270 e. The van der Waals surface area contributed by atoms with Crippen molar-refractivity contribution < 1.29 is 0 Å². The molecule has 0 aliphatic heterocycles. The van der Waals surface area contributed by atoms with E-state index in [0.29, 0.717) is 5.92 Å². The smallest absolute Gasteiger partial charge is 0.0628 e. The van der Waals surface area contributed by atoms with Crippen molar-refractivity contribution in [3.8, 4) is 0 Å². The molecule has 0 saturated heterocycles. The summed E-state index contributed by atoms with van der Waals surface area (Å²) in [6.07, 6.45) is 4.68. The number of hydrogen-bond donors (Lipinski definition) is 0. The molecule has 4 heteroatoms. The van der Waals surface area contributed by atoms with Crippen molar-refractivity contribution in [2.45, 2.75) is 94.2 Å². The highest BCUT2D eigenvalue weighted by atomic mass is 15.3. The third-order valence-corrected chi connectivity index (χ3v) is 5.71. The van der Waals surface area contributed by atoms with Gasteiger partial charge in [0.2, 0.25) is 0 Å². The van der Waals surface area contributed by atoms with Crippen molar-refractivity contribution in [3.63, 3.8) is 0 Å². The minimum atomic E-state index is 0.606. The number of nitrogens with zero attached hydrogens (tertiary/aromatic N) is 4. The topological polar surface area (TPSA) is 35.6 Å². The Morgan fingerprint density at radius 2 is 1.27 bits per heavy atom. The SMILES string of the molecule is CCn1nc(C)c(CCC(C)Cn2nc(C)c(CCC(C)C)c2C)c1C. The number of aromatic nitrogens is 4. The quantitative estimate of drug-likeness (QED) is 0.618. The highest BCUT2D eigenvalue weighted by Gasteiger charge is 2.16. The summed E-state index contributed by atoms with van der Waals surface area (Å²) in [7, 11) is 0. The largest absolute Gasteiger partial charge is 0.270 e. The maximum Gasteiger partial charge on any atom is 0.0628 e. The van der Waals surface area contributed by atoms with E-state index >= 15 is 0 Å². The Hall–Kier alpha value is -1.58. The van der Waals surface area contributed by atoms with Crippen LogP contribution < -0.4 is 0 Å². The van der Waals surface area contributed by atoms with E-state index in [4.69, 9.17) is 5.10 Å². The number of hydrogen-bond acceptors (Lipinski definition) is 2. The summed E-state index contributed by atoms with van der Waals surface area (Å²) in [4.78, 5) is 0. The van der Waals surface area contributed by atoms with Crippen molar-refractivity contribution in [1.29, 1.82) is 0 Å². The lowest BCUT2D eigenvalue weighted by Gasteiger charge is -2.14. The van der Waals surface area contributed by atoms with Crippen LogP contribution in [-0.2, 0) is 25.9 Å². The van der Waals surface area contributed by atoms with Gasteiger partial charge in [-0.1, -0.05) is 20.8 Å². The first-order chi connectivity index (χ1) is 12.2. The molecular weight excluding hydrogens is 320 g/mol. The standard InChI is InChI=1S/C22H38N4/c1-9-25-19(7)22(17(5)23-25)13-11-16(4)14-26-20(8)21(18(6)24-26)12-10-15(2)3/h15-16H,9-14H2,1-8H3. The zero-order chi connectivity index (χ0) is 19.4. The summed E-state index contributed by atoms with van der Waals surface area (Å²) in [6.45, 7) is 19.8. The van der Waals surface area contributed by atoms with E-state index in [9.17, 15) is 0 Å². The van der Waals surface area contributed by atoms with Gasteiger partial charge in [-0.2, -0.15) is 10.2 Å². The van der Waals surface area contributed by atoms with Gasteiger partial charge in [-0.25, -0.2) is 0 Å². The second-order valence-corrected chi connectivity index (χ2v) is 8.37. The molecule has 0 amide bonds. The first kappa shape index (κ1) is 20.7. The molecule has 1 unspecified atom stereocenters. The van der Waals surface area contributed by atoms with E-state index in [1.54, 1.807) is 0 Å². The van der Waals surface area contributed by atoms with Crippen molar-refractivity contribution in [2.24, 2.45) is 11.8 Å². The zero-order valence-electron chi connectivity index (χ0n) is 18.2. The first-order valence-electron chi connectivity index (χ1n) is 10.3. The van der Waals surface area contributed by atoms with Crippen LogP contribution in [0.2, 0.25) is 0 Å². The monoisotopic (exact) mass is 358 g/mol. The number of rotatable bonds is 9. The van der Waals surface area contributed by atoms with Gasteiger partial charge in [-0.15, -0.1) is 0 Å². The van der Waals surface area contributed by atoms with E-state index in [1.807, 2.05) is 0 Å². The van der Waals surface area contributed by atoms with Crippen LogP contribution in [0.3, 0.4) is 0 Å². The van der Waals surface area contributed by atoms with Gasteiger partial charge < -0.3 is 0 Å². The first-order valence-corrected chi connectivity index (χ1v) is 10.3. The average molecular weight is 359 g/mol. The molecule has 2 aromatic heterocycles. The second-order valence-electron chi connectivity index (χ2n) is 8.37. The fourth-order valence-electron chi connectivity index (χ4n) is 3.89. The highest BCUT2D eigenvalue weighted by Crippen LogP contribution is 2.21. The molecule has 2 aromatic rings. The molecule has 0 aromatic carbocycles. The van der Waals surface area contributed by atoms with Crippen molar-refractivity contribution in [3.05, 3.63) is 33.9 Å². The van der Waals surface area contributed by atoms with E-state index < -0.39 is 0 Å². The number of aryl methyl sites for hydroxylation is 3. The van der Waals surface area contributed by atoms with Gasteiger partial charge in [0.25, 0.3) is 0 Å². The van der Waals surface area contributed by atoms with Crippen LogP contribution in [0.5, 0.6) is 0 Å². The molecule has 0 aliphatic carbocycles. The van der Waals surface area contributed by atoms with Gasteiger partial charge >= 0.3 is 0 Å². The zero-order valence-corrected chi connectivity index (χ0v) is 18.2. The lowest BCUT2D eigenvalue weighted by molar-refractivity contribution is 0.416. The van der Waals surface area contributed by atoms with E-state index in [2.05, 4.69) is 69.9 Å². The predicted octanol–water partition coefficient (Wildman–Crippen LogP) is 5.19. The van der Waals surface area contributed by atoms with Crippen LogP contribution >= 0.6 is 0 Å². The summed E-state index contributed by atoms with van der Waals surface area (Å²) in [5, 5.41) is 9.49. The molecule has 146 valence electrons. The van der Waals surface area contributed by atoms with Gasteiger partial charge in [-0.05, 0) is 83.3 Å². The normalized spacial score (nSPS) is 13.0. The molecule has 0 spiro atoms. The van der Waals surface area contributed by atoms with Crippen molar-refractivity contribution in [1.82, 2.24) is 19.6 Å². The molecule has 0 radical (unpaired) electrons. The Labute approximate surface area is 160 Å². The Balaban J connectivity index is 1.99. The highest BCUT2D eigenvalue weighted by molar-refractivity contribution is 5.25. The van der Waals surface area contributed by atoms with Crippen molar-refractivity contribution in [2.75, 3.05) is 0 Å². The molecule has 0 fully saturated rings. The maximum absolute atomic E-state index is 4.84. The summed E-state index contributed by atoms with van der Waals surface area (Å²) >= 11 is 0. The van der Waals surface area contributed by atoms with E-state index in [-0.39, 0.29) is 0 Å². The fourth-order valence-corrected chi connectivity index (χ4v) is 3.89. The summed E-state index contributed by atoms with van der Waals surface area (Å²) in [5.41, 5.74) is 8.00. The average Bonchev–Trinajstić information content (AvgIpc) is 2.99. The Morgan fingerprint density at radius 3 is 1.77 bits per heavy atom.